The molecule has 0 aromatic heterocycles. The van der Waals surface area contributed by atoms with Crippen molar-refractivity contribution in [3.8, 4) is 0 Å². The van der Waals surface area contributed by atoms with E-state index >= 15 is 0 Å². The van der Waals surface area contributed by atoms with Crippen LogP contribution in [0.15, 0.2) is 41.8 Å². The summed E-state index contributed by atoms with van der Waals surface area (Å²) in [6.45, 7) is 12.0. The Hall–Kier alpha value is -0.504. The second-order valence-electron chi connectivity index (χ2n) is 7.38. The first kappa shape index (κ1) is 16.9. The van der Waals surface area contributed by atoms with Gasteiger partial charge in [0.25, 0.3) is 0 Å². The van der Waals surface area contributed by atoms with Gasteiger partial charge in [-0.1, -0.05) is 0 Å². The Morgan fingerprint density at radius 3 is 2.48 bits per heavy atom. The maximum atomic E-state index is 6.44. The van der Waals surface area contributed by atoms with Gasteiger partial charge in [-0.3, -0.25) is 0 Å². The number of allylic oxidation sites excluding steroid dienone is 1. The number of hydrogen-bond acceptors (Lipinski definition) is 1. The molecule has 0 N–H and O–H groups in total. The van der Waals surface area contributed by atoms with Crippen molar-refractivity contribution in [2.45, 2.75) is 63.2 Å². The molecule has 0 spiro atoms. The van der Waals surface area contributed by atoms with Crippen LogP contribution in [-0.2, 0) is 4.74 Å². The fourth-order valence-corrected chi connectivity index (χ4v) is 6.16. The molecule has 1 aliphatic rings. The second-order valence-corrected chi connectivity index (χ2v) is 14.9. The molecule has 1 aromatic carbocycles. The number of hydrogen-bond donors (Lipinski definition) is 0. The third kappa shape index (κ3) is 4.24. The van der Waals surface area contributed by atoms with Crippen molar-refractivity contribution in [2.75, 3.05) is 0 Å². The number of ether oxygens (including phenoxy) is 1. The third-order valence-corrected chi connectivity index (χ3v) is 12.5. The van der Waals surface area contributed by atoms with Crippen LogP contribution in [0.25, 0.3) is 0 Å². The first-order valence-corrected chi connectivity index (χ1v) is 12.9. The molecule has 1 nitrogen and oxygen atoms in total. The topological polar surface area (TPSA) is 9.23 Å². The van der Waals surface area contributed by atoms with E-state index in [1.54, 1.807) is 0 Å². The van der Waals surface area contributed by atoms with Crippen molar-refractivity contribution < 1.29 is 4.74 Å². The van der Waals surface area contributed by atoms with Crippen molar-refractivity contribution in [1.29, 1.82) is 0 Å². The molecule has 0 saturated carbocycles. The van der Waals surface area contributed by atoms with E-state index in [0.29, 0.717) is 26.1 Å². The van der Waals surface area contributed by atoms with Gasteiger partial charge in [0.2, 0.25) is 0 Å². The summed E-state index contributed by atoms with van der Waals surface area (Å²) in [7, 11) is -1.51. The predicted molar refractivity (Wildman–Crippen MR) is 96.0 cm³/mol. The van der Waals surface area contributed by atoms with E-state index in [0.717, 1.165) is 0 Å². The summed E-state index contributed by atoms with van der Waals surface area (Å²) >= 11 is 0.530. The molecule has 0 amide bonds. The van der Waals surface area contributed by atoms with Crippen LogP contribution < -0.4 is 4.46 Å². The van der Waals surface area contributed by atoms with E-state index in [9.17, 15) is 0 Å². The Morgan fingerprint density at radius 2 is 1.86 bits per heavy atom. The molecule has 1 aromatic rings. The van der Waals surface area contributed by atoms with Crippen molar-refractivity contribution in [3.63, 3.8) is 0 Å². The molecule has 1 heterocycles. The minimum absolute atomic E-state index is 0.352. The van der Waals surface area contributed by atoms with Gasteiger partial charge in [-0.25, -0.2) is 0 Å². The van der Waals surface area contributed by atoms with Gasteiger partial charge in [0, 0.05) is 0 Å². The SMILES string of the molecule is CC(C)(C)[Si](C)(C)C1=CCCC(C[Se]c2ccccc2)O1. The average Bonchev–Trinajstić information content (AvgIpc) is 2.45. The summed E-state index contributed by atoms with van der Waals surface area (Å²) in [5.74, 6) is 0. The van der Waals surface area contributed by atoms with Gasteiger partial charge in [-0.05, 0) is 0 Å². The normalized spacial score (nSPS) is 19.9. The molecule has 1 unspecified atom stereocenters. The molecular formula is C18H28OSeSi. The Kier molecular flexibility index (Phi) is 5.40. The molecule has 0 radical (unpaired) electrons. The van der Waals surface area contributed by atoms with Crippen molar-refractivity contribution in [2.24, 2.45) is 0 Å². The van der Waals surface area contributed by atoms with Gasteiger partial charge in [-0.15, -0.1) is 0 Å². The molecule has 0 bridgehead atoms. The van der Waals surface area contributed by atoms with Crippen molar-refractivity contribution in [1.82, 2.24) is 0 Å². The van der Waals surface area contributed by atoms with Gasteiger partial charge in [0.1, 0.15) is 0 Å². The predicted octanol–water partition coefficient (Wildman–Crippen LogP) is 4.55. The molecule has 3 heteroatoms. The van der Waals surface area contributed by atoms with Crippen molar-refractivity contribution >= 4 is 27.5 Å². The second kappa shape index (κ2) is 6.72. The first-order valence-electron chi connectivity index (χ1n) is 7.86. The van der Waals surface area contributed by atoms with Crippen LogP contribution in [0.4, 0.5) is 0 Å². The number of benzene rings is 1. The van der Waals surface area contributed by atoms with E-state index in [1.807, 2.05) is 0 Å². The summed E-state index contributed by atoms with van der Waals surface area (Å²) in [4.78, 5) is 0. The zero-order valence-electron chi connectivity index (χ0n) is 14.0. The minimum atomic E-state index is -1.51. The molecular weight excluding hydrogens is 339 g/mol. The molecule has 116 valence electrons. The molecule has 0 saturated heterocycles. The van der Waals surface area contributed by atoms with Crippen LogP contribution in [-0.4, -0.2) is 29.1 Å². The fourth-order valence-electron chi connectivity index (χ4n) is 2.28. The molecule has 21 heavy (non-hydrogen) atoms. The zero-order valence-corrected chi connectivity index (χ0v) is 16.7. The van der Waals surface area contributed by atoms with Crippen LogP contribution in [0.5, 0.6) is 0 Å². The van der Waals surface area contributed by atoms with Crippen LogP contribution in [0.3, 0.4) is 0 Å². The van der Waals surface area contributed by atoms with E-state index < -0.39 is 8.07 Å². The summed E-state index contributed by atoms with van der Waals surface area (Å²) in [6, 6.07) is 10.9. The van der Waals surface area contributed by atoms with E-state index in [4.69, 9.17) is 4.74 Å². The Bertz CT molecular complexity index is 488. The summed E-state index contributed by atoms with van der Waals surface area (Å²) in [5.41, 5.74) is 0. The van der Waals surface area contributed by atoms with E-state index in [2.05, 4.69) is 70.3 Å². The van der Waals surface area contributed by atoms with Gasteiger partial charge in [0.05, 0.1) is 0 Å². The third-order valence-electron chi connectivity index (χ3n) is 4.78. The zero-order chi connectivity index (χ0) is 15.5. The molecule has 0 fully saturated rings. The van der Waals surface area contributed by atoms with Crippen LogP contribution in [0.1, 0.15) is 33.6 Å². The Labute approximate surface area is 137 Å². The van der Waals surface area contributed by atoms with Gasteiger partial charge in [-0.2, -0.15) is 0 Å². The van der Waals surface area contributed by atoms with Crippen molar-refractivity contribution in [3.05, 3.63) is 41.8 Å². The van der Waals surface area contributed by atoms with Gasteiger partial charge in [0.15, 0.2) is 0 Å². The average molecular weight is 367 g/mol. The molecule has 0 aliphatic carbocycles. The first-order chi connectivity index (χ1) is 9.80. The maximum absolute atomic E-state index is 6.44. The number of rotatable bonds is 4. The summed E-state index contributed by atoms with van der Waals surface area (Å²) in [5, 5.41) is 2.89. The fraction of sp³-hybridized carbons (Fsp3) is 0.556. The standard InChI is InChI=1S/C18H28OSeSi/c1-18(2,3)21(4,5)17-13-9-10-15(19-17)14-20-16-11-7-6-8-12-16/h6-8,11-13,15H,9-10,14H2,1-5H3. The van der Waals surface area contributed by atoms with Crippen LogP contribution >= 0.6 is 0 Å². The van der Waals surface area contributed by atoms with Gasteiger partial charge >= 0.3 is 137 Å². The quantitative estimate of drug-likeness (QED) is 0.710. The summed E-state index contributed by atoms with van der Waals surface area (Å²) < 4.78 is 7.92. The van der Waals surface area contributed by atoms with E-state index in [1.165, 1.54) is 28.0 Å². The Balaban J connectivity index is 1.96. The van der Waals surface area contributed by atoms with Crippen LogP contribution in [0.2, 0.25) is 23.5 Å². The monoisotopic (exact) mass is 368 g/mol. The Morgan fingerprint density at radius 1 is 1.19 bits per heavy atom. The van der Waals surface area contributed by atoms with E-state index in [-0.39, 0.29) is 0 Å². The van der Waals surface area contributed by atoms with Gasteiger partial charge < -0.3 is 0 Å². The molecule has 1 aliphatic heterocycles. The molecule has 2 rings (SSSR count). The summed E-state index contributed by atoms with van der Waals surface area (Å²) in [6.07, 6.45) is 5.19. The molecule has 1 atom stereocenters. The van der Waals surface area contributed by atoms with Crippen LogP contribution in [0, 0.1) is 0 Å².